The van der Waals surface area contributed by atoms with Crippen LogP contribution in [0.3, 0.4) is 0 Å². The molecule has 3 aromatic carbocycles. The van der Waals surface area contributed by atoms with Crippen LogP contribution in [0.5, 0.6) is 11.5 Å². The summed E-state index contributed by atoms with van der Waals surface area (Å²) in [6, 6.07) is 23.5. The van der Waals surface area contributed by atoms with Gasteiger partial charge < -0.3 is 19.3 Å². The number of aromatic nitrogens is 2. The number of rotatable bonds is 8. The summed E-state index contributed by atoms with van der Waals surface area (Å²) in [7, 11) is 1.87. The van der Waals surface area contributed by atoms with Crippen LogP contribution in [0, 0.1) is 11.3 Å². The van der Waals surface area contributed by atoms with Gasteiger partial charge in [-0.05, 0) is 55.0 Å². The van der Waals surface area contributed by atoms with Crippen molar-refractivity contribution in [3.05, 3.63) is 108 Å². The molecule has 0 aliphatic heterocycles. The van der Waals surface area contributed by atoms with Crippen molar-refractivity contribution in [3.8, 4) is 17.6 Å². The van der Waals surface area contributed by atoms with Crippen molar-refractivity contribution in [2.24, 2.45) is 7.05 Å². The number of ether oxygens (including phenoxy) is 1. The highest BCUT2D eigenvalue weighted by atomic mass is 16.5. The van der Waals surface area contributed by atoms with Crippen molar-refractivity contribution >= 4 is 11.6 Å². The minimum absolute atomic E-state index is 0.148. The highest BCUT2D eigenvalue weighted by Gasteiger charge is 2.18. The summed E-state index contributed by atoms with van der Waals surface area (Å²) in [5.74, 6) is 0.591. The van der Waals surface area contributed by atoms with Crippen LogP contribution in [-0.4, -0.2) is 27.1 Å². The number of carbonyl (C=O) groups is 1. The second-order valence-electron chi connectivity index (χ2n) is 8.10. The molecule has 4 aromatic rings. The van der Waals surface area contributed by atoms with Crippen molar-refractivity contribution in [2.45, 2.75) is 19.4 Å². The second-order valence-corrected chi connectivity index (χ2v) is 8.10. The van der Waals surface area contributed by atoms with Crippen LogP contribution in [0.25, 0.3) is 0 Å². The zero-order chi connectivity index (χ0) is 24.8. The normalized spacial score (nSPS) is 11.5. The van der Waals surface area contributed by atoms with Crippen LogP contribution in [0.1, 0.15) is 40.2 Å². The predicted octanol–water partition coefficient (Wildman–Crippen LogP) is 5.03. The van der Waals surface area contributed by atoms with E-state index in [1.807, 2.05) is 48.9 Å². The number of carbonyl (C=O) groups excluding carboxylic acids is 1. The summed E-state index contributed by atoms with van der Waals surface area (Å²) in [6.45, 7) is 2.44. The van der Waals surface area contributed by atoms with Crippen molar-refractivity contribution < 1.29 is 14.6 Å². The molecule has 7 heteroatoms. The molecule has 176 valence electrons. The van der Waals surface area contributed by atoms with Gasteiger partial charge >= 0.3 is 0 Å². The van der Waals surface area contributed by atoms with E-state index < -0.39 is 6.10 Å². The number of nitrogens with zero attached hydrogens (tertiary/aromatic N) is 4. The number of aryl methyl sites for hydroxylation is 1. The van der Waals surface area contributed by atoms with Crippen LogP contribution >= 0.6 is 0 Å². The number of amides is 1. The summed E-state index contributed by atoms with van der Waals surface area (Å²) in [5.41, 5.74) is 3.12. The predicted molar refractivity (Wildman–Crippen MR) is 133 cm³/mol. The Hall–Kier alpha value is -4.41. The number of benzene rings is 3. The summed E-state index contributed by atoms with van der Waals surface area (Å²) >= 11 is 0. The molecule has 1 heterocycles. The molecule has 4 rings (SSSR count). The third-order valence-electron chi connectivity index (χ3n) is 5.77. The van der Waals surface area contributed by atoms with E-state index in [4.69, 9.17) is 4.74 Å². The summed E-state index contributed by atoms with van der Waals surface area (Å²) in [4.78, 5) is 19.0. The average molecular weight is 467 g/mol. The maximum Gasteiger partial charge on any atom is 0.258 e. The van der Waals surface area contributed by atoms with Crippen molar-refractivity contribution in [2.75, 3.05) is 11.4 Å². The third-order valence-corrected chi connectivity index (χ3v) is 5.77. The number of aliphatic hydroxyl groups excluding tert-OH is 1. The number of para-hydroxylation sites is 1. The van der Waals surface area contributed by atoms with Gasteiger partial charge in [-0.1, -0.05) is 30.3 Å². The standard InChI is InChI=1S/C28H26N4O3/c1-3-32(23-9-5-4-6-10-23)28(34)21-8-7-11-25(14-21)35-27-15-20(12-13-22(27)17-29)26(33)16-24-18-30-19-31(24)2/h4-15,18-19,26,33H,3,16H2,1-2H3. The summed E-state index contributed by atoms with van der Waals surface area (Å²) in [5, 5.41) is 20.3. The molecule has 0 saturated heterocycles. The molecule has 1 atom stereocenters. The molecule has 35 heavy (non-hydrogen) atoms. The largest absolute Gasteiger partial charge is 0.456 e. The Morgan fingerprint density at radius 2 is 1.94 bits per heavy atom. The van der Waals surface area contributed by atoms with E-state index in [1.165, 1.54) is 0 Å². The number of imidazole rings is 1. The van der Waals surface area contributed by atoms with Crippen LogP contribution in [0.2, 0.25) is 0 Å². The molecule has 1 N–H and O–H groups in total. The fourth-order valence-electron chi connectivity index (χ4n) is 3.85. The fourth-order valence-corrected chi connectivity index (χ4v) is 3.85. The van der Waals surface area contributed by atoms with Gasteiger partial charge in [0, 0.05) is 43.2 Å². The van der Waals surface area contributed by atoms with Crippen LogP contribution in [0.15, 0.2) is 85.3 Å². The molecule has 0 fully saturated rings. The molecule has 7 nitrogen and oxygen atoms in total. The van der Waals surface area contributed by atoms with Gasteiger partial charge in [-0.25, -0.2) is 4.98 Å². The number of anilines is 1. The molecule has 0 spiro atoms. The Balaban J connectivity index is 1.57. The maximum absolute atomic E-state index is 13.2. The lowest BCUT2D eigenvalue weighted by atomic mass is 10.0. The Morgan fingerprint density at radius 1 is 1.14 bits per heavy atom. The first kappa shape index (κ1) is 23.7. The molecule has 0 aliphatic carbocycles. The van der Waals surface area contributed by atoms with Crippen LogP contribution in [-0.2, 0) is 13.5 Å². The average Bonchev–Trinajstić information content (AvgIpc) is 3.29. The van der Waals surface area contributed by atoms with Crippen molar-refractivity contribution in [1.29, 1.82) is 5.26 Å². The quantitative estimate of drug-likeness (QED) is 0.393. The number of nitriles is 1. The van der Waals surface area contributed by atoms with Gasteiger partial charge in [0.2, 0.25) is 0 Å². The number of aliphatic hydroxyl groups is 1. The monoisotopic (exact) mass is 466 g/mol. The van der Waals surface area contributed by atoms with Gasteiger partial charge in [0.1, 0.15) is 17.6 Å². The lowest BCUT2D eigenvalue weighted by Gasteiger charge is -2.21. The zero-order valence-corrected chi connectivity index (χ0v) is 19.6. The molecule has 0 saturated carbocycles. The first-order valence-electron chi connectivity index (χ1n) is 11.3. The fraction of sp³-hybridized carbons (Fsp3) is 0.179. The van der Waals surface area contributed by atoms with Gasteiger partial charge in [-0.2, -0.15) is 5.26 Å². The highest BCUT2D eigenvalue weighted by molar-refractivity contribution is 6.06. The third kappa shape index (κ3) is 5.40. The van der Waals surface area contributed by atoms with Gasteiger partial charge in [-0.3, -0.25) is 4.79 Å². The Kier molecular flexibility index (Phi) is 7.24. The highest BCUT2D eigenvalue weighted by Crippen LogP contribution is 2.30. The summed E-state index contributed by atoms with van der Waals surface area (Å²) in [6.07, 6.45) is 2.97. The van der Waals surface area contributed by atoms with Gasteiger partial charge in [0.25, 0.3) is 5.91 Å². The molecule has 1 amide bonds. The maximum atomic E-state index is 13.2. The Morgan fingerprint density at radius 3 is 2.63 bits per heavy atom. The molecular formula is C28H26N4O3. The molecule has 0 radical (unpaired) electrons. The lowest BCUT2D eigenvalue weighted by molar-refractivity contribution is 0.0988. The Labute approximate surface area is 204 Å². The van der Waals surface area contributed by atoms with E-state index in [0.29, 0.717) is 41.2 Å². The van der Waals surface area contributed by atoms with Gasteiger partial charge in [-0.15, -0.1) is 0 Å². The van der Waals surface area contributed by atoms with E-state index in [2.05, 4.69) is 11.1 Å². The van der Waals surface area contributed by atoms with Gasteiger partial charge in [0.15, 0.2) is 0 Å². The van der Waals surface area contributed by atoms with Crippen molar-refractivity contribution in [3.63, 3.8) is 0 Å². The summed E-state index contributed by atoms with van der Waals surface area (Å²) < 4.78 is 7.89. The zero-order valence-electron chi connectivity index (χ0n) is 19.6. The topological polar surface area (TPSA) is 91.4 Å². The molecule has 1 aromatic heterocycles. The first-order chi connectivity index (χ1) is 17.0. The van der Waals surface area contributed by atoms with E-state index in [1.54, 1.807) is 59.9 Å². The van der Waals surface area contributed by atoms with E-state index in [9.17, 15) is 15.2 Å². The lowest BCUT2D eigenvalue weighted by Crippen LogP contribution is -2.30. The first-order valence-corrected chi connectivity index (χ1v) is 11.3. The van der Waals surface area contributed by atoms with E-state index in [-0.39, 0.29) is 5.91 Å². The molecule has 1 unspecified atom stereocenters. The van der Waals surface area contributed by atoms with Crippen LogP contribution in [0.4, 0.5) is 5.69 Å². The van der Waals surface area contributed by atoms with E-state index in [0.717, 1.165) is 11.4 Å². The minimum Gasteiger partial charge on any atom is -0.456 e. The molecule has 0 aliphatic rings. The number of hydrogen-bond donors (Lipinski definition) is 1. The Bertz CT molecular complexity index is 1360. The smallest absolute Gasteiger partial charge is 0.258 e. The van der Waals surface area contributed by atoms with E-state index >= 15 is 0 Å². The van der Waals surface area contributed by atoms with Crippen LogP contribution < -0.4 is 9.64 Å². The van der Waals surface area contributed by atoms with Gasteiger partial charge in [0.05, 0.1) is 18.0 Å². The molecule has 0 bridgehead atoms. The molecular weight excluding hydrogens is 440 g/mol. The minimum atomic E-state index is -0.794. The SMILES string of the molecule is CCN(C(=O)c1cccc(Oc2cc(C(O)Cc3cncn3C)ccc2C#N)c1)c1ccccc1. The number of hydrogen-bond acceptors (Lipinski definition) is 5. The van der Waals surface area contributed by atoms with Crippen molar-refractivity contribution in [1.82, 2.24) is 9.55 Å². The second kappa shape index (κ2) is 10.7.